The molecule has 1 saturated heterocycles. The van der Waals surface area contributed by atoms with E-state index in [0.717, 1.165) is 5.56 Å². The van der Waals surface area contributed by atoms with Crippen molar-refractivity contribution < 1.29 is 36.2 Å². The van der Waals surface area contributed by atoms with Gasteiger partial charge in [0.2, 0.25) is 0 Å². The van der Waals surface area contributed by atoms with Crippen LogP contribution in [0.4, 0.5) is 4.79 Å². The molecule has 2 fully saturated rings. The van der Waals surface area contributed by atoms with Gasteiger partial charge in [-0.1, -0.05) is 30.3 Å². The van der Waals surface area contributed by atoms with Crippen LogP contribution < -0.4 is 5.32 Å². The minimum atomic E-state index is -4.70. The SMILES string of the molecule is CS[C@@H]1[C@H]2NC(=O)O[C@H]2[C@H](OCOCc2ccccc2)[C@H]1OS(=O)(=O)O. The van der Waals surface area contributed by atoms with Gasteiger partial charge in [0.25, 0.3) is 0 Å². The van der Waals surface area contributed by atoms with Crippen molar-refractivity contribution in [3.05, 3.63) is 35.9 Å². The van der Waals surface area contributed by atoms with Crippen LogP contribution in [0.5, 0.6) is 0 Å². The molecule has 1 saturated carbocycles. The van der Waals surface area contributed by atoms with Crippen molar-refractivity contribution in [2.24, 2.45) is 0 Å². The average Bonchev–Trinajstić information content (AvgIpc) is 3.06. The van der Waals surface area contributed by atoms with E-state index in [0.29, 0.717) is 6.61 Å². The highest BCUT2D eigenvalue weighted by atomic mass is 32.3. The predicted molar refractivity (Wildman–Crippen MR) is 91.9 cm³/mol. The van der Waals surface area contributed by atoms with Crippen LogP contribution in [0, 0.1) is 0 Å². The number of amides is 1. The topological polar surface area (TPSA) is 120 Å². The number of alkyl carbamates (subject to hydrolysis) is 1. The van der Waals surface area contributed by atoms with Crippen LogP contribution in [0.25, 0.3) is 0 Å². The highest BCUT2D eigenvalue weighted by Gasteiger charge is 2.59. The average molecular weight is 405 g/mol. The van der Waals surface area contributed by atoms with Crippen molar-refractivity contribution >= 4 is 28.3 Å². The Bertz CT molecular complexity index is 728. The van der Waals surface area contributed by atoms with Crippen molar-refractivity contribution in [2.45, 2.75) is 36.2 Å². The van der Waals surface area contributed by atoms with Gasteiger partial charge in [-0.15, -0.1) is 0 Å². The second kappa shape index (κ2) is 8.11. The fourth-order valence-electron chi connectivity index (χ4n) is 3.15. The fourth-order valence-corrected chi connectivity index (χ4v) is 4.72. The smallest absolute Gasteiger partial charge is 0.407 e. The quantitative estimate of drug-likeness (QED) is 0.370. The van der Waals surface area contributed by atoms with E-state index in [1.54, 1.807) is 6.26 Å². The van der Waals surface area contributed by atoms with E-state index >= 15 is 0 Å². The van der Waals surface area contributed by atoms with Crippen molar-refractivity contribution in [1.82, 2.24) is 5.32 Å². The van der Waals surface area contributed by atoms with Gasteiger partial charge in [-0.05, 0) is 11.8 Å². The summed E-state index contributed by atoms with van der Waals surface area (Å²) in [6.07, 6.45) is -1.55. The van der Waals surface area contributed by atoms with E-state index < -0.39 is 46.1 Å². The molecule has 0 unspecified atom stereocenters. The molecule has 0 aromatic heterocycles. The molecular formula is C15H19NO8S2. The zero-order valence-electron chi connectivity index (χ0n) is 13.8. The molecule has 2 N–H and O–H groups in total. The molecule has 0 radical (unpaired) electrons. The van der Waals surface area contributed by atoms with E-state index in [1.165, 1.54) is 11.8 Å². The maximum absolute atomic E-state index is 11.5. The van der Waals surface area contributed by atoms with Crippen LogP contribution in [0.15, 0.2) is 30.3 Å². The van der Waals surface area contributed by atoms with Gasteiger partial charge in [0.15, 0.2) is 6.10 Å². The lowest BCUT2D eigenvalue weighted by Gasteiger charge is -2.24. The Balaban J connectivity index is 1.65. The highest BCUT2D eigenvalue weighted by molar-refractivity contribution is 7.99. The summed E-state index contributed by atoms with van der Waals surface area (Å²) in [7, 11) is -4.70. The van der Waals surface area contributed by atoms with Gasteiger partial charge < -0.3 is 19.5 Å². The Hall–Kier alpha value is -1.37. The third kappa shape index (κ3) is 4.48. The number of hydrogen-bond acceptors (Lipinski definition) is 8. The summed E-state index contributed by atoms with van der Waals surface area (Å²) < 4.78 is 52.5. The molecule has 1 aliphatic carbocycles. The molecule has 0 bridgehead atoms. The lowest BCUT2D eigenvalue weighted by Crippen LogP contribution is -2.41. The van der Waals surface area contributed by atoms with Crippen LogP contribution in [0.3, 0.4) is 0 Å². The first kappa shape index (κ1) is 19.4. The monoisotopic (exact) mass is 405 g/mol. The highest BCUT2D eigenvalue weighted by Crippen LogP contribution is 2.38. The number of benzene rings is 1. The number of rotatable bonds is 8. The third-order valence-corrected chi connectivity index (χ3v) is 5.74. The van der Waals surface area contributed by atoms with Gasteiger partial charge in [0.1, 0.15) is 19.0 Å². The predicted octanol–water partition coefficient (Wildman–Crippen LogP) is 0.956. The second-order valence-electron chi connectivity index (χ2n) is 5.81. The molecule has 1 heterocycles. The molecule has 11 heteroatoms. The van der Waals surface area contributed by atoms with E-state index in [1.807, 2.05) is 30.3 Å². The summed E-state index contributed by atoms with van der Waals surface area (Å²) in [6.45, 7) is 0.141. The van der Waals surface area contributed by atoms with Crippen molar-refractivity contribution in [3.8, 4) is 0 Å². The van der Waals surface area contributed by atoms with Crippen LogP contribution in [0.2, 0.25) is 0 Å². The van der Waals surface area contributed by atoms with Crippen LogP contribution >= 0.6 is 11.8 Å². The molecule has 1 amide bonds. The zero-order chi connectivity index (χ0) is 18.7. The van der Waals surface area contributed by atoms with E-state index in [2.05, 4.69) is 5.32 Å². The van der Waals surface area contributed by atoms with Crippen molar-refractivity contribution in [3.63, 3.8) is 0 Å². The Morgan fingerprint density at radius 3 is 2.65 bits per heavy atom. The Morgan fingerprint density at radius 2 is 2.00 bits per heavy atom. The Kier molecular flexibility index (Phi) is 6.05. The first-order valence-corrected chi connectivity index (χ1v) is 10.4. The maximum atomic E-state index is 11.5. The van der Waals surface area contributed by atoms with E-state index in [-0.39, 0.29) is 6.79 Å². The molecule has 3 rings (SSSR count). The molecule has 2 aliphatic rings. The normalized spacial score (nSPS) is 30.7. The summed E-state index contributed by atoms with van der Waals surface area (Å²) in [5, 5.41) is 2.14. The number of ether oxygens (including phenoxy) is 3. The molecule has 1 aliphatic heterocycles. The first-order chi connectivity index (χ1) is 12.4. The first-order valence-electron chi connectivity index (χ1n) is 7.78. The molecule has 1 aromatic rings. The minimum absolute atomic E-state index is 0.160. The lowest BCUT2D eigenvalue weighted by molar-refractivity contribution is -0.139. The van der Waals surface area contributed by atoms with Crippen molar-refractivity contribution in [2.75, 3.05) is 13.0 Å². The summed E-state index contributed by atoms with van der Waals surface area (Å²) in [5.41, 5.74) is 0.946. The second-order valence-corrected chi connectivity index (χ2v) is 7.88. The van der Waals surface area contributed by atoms with Gasteiger partial charge in [-0.3, -0.25) is 4.55 Å². The lowest BCUT2D eigenvalue weighted by atomic mass is 10.2. The van der Waals surface area contributed by atoms with Gasteiger partial charge in [-0.25, -0.2) is 8.98 Å². The number of thioether (sulfide) groups is 1. The fraction of sp³-hybridized carbons (Fsp3) is 0.533. The maximum Gasteiger partial charge on any atom is 0.407 e. The third-order valence-electron chi connectivity index (χ3n) is 4.17. The molecule has 0 spiro atoms. The Morgan fingerprint density at radius 1 is 1.27 bits per heavy atom. The summed E-state index contributed by atoms with van der Waals surface area (Å²) in [4.78, 5) is 11.5. The van der Waals surface area contributed by atoms with Crippen LogP contribution in [-0.4, -0.2) is 61.7 Å². The van der Waals surface area contributed by atoms with E-state index in [4.69, 9.17) is 22.9 Å². The largest absolute Gasteiger partial charge is 0.441 e. The van der Waals surface area contributed by atoms with Crippen LogP contribution in [0.1, 0.15) is 5.56 Å². The molecule has 26 heavy (non-hydrogen) atoms. The molecule has 1 aromatic carbocycles. The summed E-state index contributed by atoms with van der Waals surface area (Å²) in [6, 6.07) is 8.93. The number of fused-ring (bicyclic) bond motifs is 1. The van der Waals surface area contributed by atoms with Gasteiger partial charge in [0.05, 0.1) is 17.9 Å². The summed E-state index contributed by atoms with van der Waals surface area (Å²) in [5.74, 6) is 0. The van der Waals surface area contributed by atoms with Gasteiger partial charge >= 0.3 is 16.5 Å². The van der Waals surface area contributed by atoms with E-state index in [9.17, 15) is 13.2 Å². The van der Waals surface area contributed by atoms with Crippen molar-refractivity contribution in [1.29, 1.82) is 0 Å². The Labute approximate surface area is 155 Å². The number of hydrogen-bond donors (Lipinski definition) is 2. The molecule has 5 atom stereocenters. The van der Waals surface area contributed by atoms with Gasteiger partial charge in [-0.2, -0.15) is 20.2 Å². The number of carbonyl (C=O) groups is 1. The van der Waals surface area contributed by atoms with Gasteiger partial charge in [0, 0.05) is 0 Å². The molecule has 144 valence electrons. The standard InChI is InChI=1S/C15H19NO8S2/c1-25-14-10-11(23-15(17)16-10)12(13(14)24-26(18,19)20)22-8-21-7-9-5-3-2-4-6-9/h2-6,10-14H,7-8H2,1H3,(H,16,17)(H,18,19,20)/t10-,11+,12-,13+,14+/m0/s1. The zero-order valence-corrected chi connectivity index (χ0v) is 15.4. The number of nitrogens with one attached hydrogen (secondary N) is 1. The van der Waals surface area contributed by atoms with Crippen LogP contribution in [-0.2, 0) is 35.4 Å². The summed E-state index contributed by atoms with van der Waals surface area (Å²) >= 11 is 1.28. The number of carbonyl (C=O) groups excluding carboxylic acids is 1. The molecule has 9 nitrogen and oxygen atoms in total. The molecular weight excluding hydrogens is 386 g/mol. The minimum Gasteiger partial charge on any atom is -0.441 e.